The first-order chi connectivity index (χ1) is 15.2. The minimum atomic E-state index is -3.96. The predicted molar refractivity (Wildman–Crippen MR) is 119 cm³/mol. The van der Waals surface area contributed by atoms with Crippen molar-refractivity contribution in [2.45, 2.75) is 37.3 Å². The van der Waals surface area contributed by atoms with Crippen molar-refractivity contribution in [1.29, 1.82) is 0 Å². The number of aryl methyl sites for hydroxylation is 1. The van der Waals surface area contributed by atoms with Crippen molar-refractivity contribution in [3.8, 4) is 0 Å². The Bertz CT molecular complexity index is 1070. The van der Waals surface area contributed by atoms with Gasteiger partial charge in [0.25, 0.3) is 5.91 Å². The maximum Gasteiger partial charge on any atom is 0.338 e. The molecule has 172 valence electrons. The lowest BCUT2D eigenvalue weighted by Crippen LogP contribution is -2.32. The zero-order valence-electron chi connectivity index (χ0n) is 17.6. The van der Waals surface area contributed by atoms with Crippen LogP contribution in [0.3, 0.4) is 0 Å². The SMILES string of the molecule is Cc1ccc(CNC(=O)COC(=O)c2ccc(Cl)c(S(=O)(=O)NCC3CCCO3)c2)cc1. The number of esters is 1. The number of ether oxygens (including phenoxy) is 2. The molecule has 8 nitrogen and oxygen atoms in total. The number of rotatable bonds is 9. The largest absolute Gasteiger partial charge is 0.452 e. The first-order valence-electron chi connectivity index (χ1n) is 10.1. The zero-order valence-corrected chi connectivity index (χ0v) is 19.2. The molecule has 0 saturated carbocycles. The maximum absolute atomic E-state index is 12.6. The number of carbonyl (C=O) groups excluding carboxylic acids is 2. The van der Waals surface area contributed by atoms with E-state index in [-0.39, 0.29) is 28.1 Å². The third-order valence-corrected chi connectivity index (χ3v) is 6.83. The van der Waals surface area contributed by atoms with E-state index in [0.29, 0.717) is 13.2 Å². The van der Waals surface area contributed by atoms with E-state index in [1.54, 1.807) is 0 Å². The molecule has 1 atom stereocenters. The third-order valence-electron chi connectivity index (χ3n) is 4.93. The molecule has 2 aromatic carbocycles. The molecule has 0 spiro atoms. The van der Waals surface area contributed by atoms with Gasteiger partial charge in [0.15, 0.2) is 6.61 Å². The number of hydrogen-bond donors (Lipinski definition) is 2. The number of amides is 1. The van der Waals surface area contributed by atoms with Crippen LogP contribution >= 0.6 is 11.6 Å². The lowest BCUT2D eigenvalue weighted by molar-refractivity contribution is -0.124. The van der Waals surface area contributed by atoms with Gasteiger partial charge in [-0.15, -0.1) is 0 Å². The van der Waals surface area contributed by atoms with Crippen LogP contribution < -0.4 is 10.0 Å². The Balaban J connectivity index is 1.55. The number of halogens is 1. The third kappa shape index (κ3) is 6.77. The highest BCUT2D eigenvalue weighted by Gasteiger charge is 2.24. The van der Waals surface area contributed by atoms with Crippen molar-refractivity contribution in [3.63, 3.8) is 0 Å². The van der Waals surface area contributed by atoms with Gasteiger partial charge in [0, 0.05) is 19.7 Å². The van der Waals surface area contributed by atoms with E-state index < -0.39 is 28.5 Å². The summed E-state index contributed by atoms with van der Waals surface area (Å²) in [5.41, 5.74) is 2.00. The number of benzene rings is 2. The summed E-state index contributed by atoms with van der Waals surface area (Å²) in [6.07, 6.45) is 1.47. The molecule has 1 saturated heterocycles. The van der Waals surface area contributed by atoms with Gasteiger partial charge in [0.2, 0.25) is 10.0 Å². The quantitative estimate of drug-likeness (QED) is 0.534. The first-order valence-corrected chi connectivity index (χ1v) is 12.0. The molecule has 2 N–H and O–H groups in total. The van der Waals surface area contributed by atoms with Gasteiger partial charge in [-0.05, 0) is 43.5 Å². The average molecular weight is 481 g/mol. The van der Waals surface area contributed by atoms with Gasteiger partial charge in [-0.2, -0.15) is 0 Å². The summed E-state index contributed by atoms with van der Waals surface area (Å²) in [4.78, 5) is 24.1. The van der Waals surface area contributed by atoms with Crippen LogP contribution in [-0.4, -0.2) is 46.2 Å². The lowest BCUT2D eigenvalue weighted by Gasteiger charge is -2.13. The number of hydrogen-bond acceptors (Lipinski definition) is 6. The van der Waals surface area contributed by atoms with Gasteiger partial charge in [0.05, 0.1) is 16.7 Å². The second-order valence-corrected chi connectivity index (χ2v) is 9.61. The maximum atomic E-state index is 12.6. The van der Waals surface area contributed by atoms with Crippen LogP contribution in [-0.2, 0) is 30.8 Å². The van der Waals surface area contributed by atoms with Crippen molar-refractivity contribution in [1.82, 2.24) is 10.0 Å². The summed E-state index contributed by atoms with van der Waals surface area (Å²) in [6, 6.07) is 11.4. The Hall–Kier alpha value is -2.46. The van der Waals surface area contributed by atoms with Crippen molar-refractivity contribution in [2.75, 3.05) is 19.8 Å². The highest BCUT2D eigenvalue weighted by Crippen LogP contribution is 2.23. The summed E-state index contributed by atoms with van der Waals surface area (Å²) in [5.74, 6) is -1.30. The molecular formula is C22H25ClN2O6S. The van der Waals surface area contributed by atoms with Crippen LogP contribution in [0.4, 0.5) is 0 Å². The minimum absolute atomic E-state index is 0.0294. The van der Waals surface area contributed by atoms with Crippen molar-refractivity contribution in [3.05, 3.63) is 64.2 Å². The molecule has 1 unspecified atom stereocenters. The molecule has 0 radical (unpaired) electrons. The summed E-state index contributed by atoms with van der Waals surface area (Å²) in [6.45, 7) is 2.50. The smallest absolute Gasteiger partial charge is 0.338 e. The van der Waals surface area contributed by atoms with Crippen LogP contribution in [0, 0.1) is 6.92 Å². The Morgan fingerprint density at radius 1 is 1.19 bits per heavy atom. The van der Waals surface area contributed by atoms with Gasteiger partial charge < -0.3 is 14.8 Å². The van der Waals surface area contributed by atoms with E-state index in [2.05, 4.69) is 10.0 Å². The molecule has 2 aromatic rings. The fourth-order valence-electron chi connectivity index (χ4n) is 3.09. The second kappa shape index (κ2) is 10.9. The van der Waals surface area contributed by atoms with Crippen LogP contribution in [0.25, 0.3) is 0 Å². The van der Waals surface area contributed by atoms with E-state index >= 15 is 0 Å². The summed E-state index contributed by atoms with van der Waals surface area (Å²) in [7, 11) is -3.96. The Kier molecular flexibility index (Phi) is 8.25. The van der Waals surface area contributed by atoms with Gasteiger partial charge in [-0.1, -0.05) is 41.4 Å². The average Bonchev–Trinajstić information content (AvgIpc) is 3.30. The number of carbonyl (C=O) groups is 2. The van der Waals surface area contributed by atoms with E-state index in [1.807, 2.05) is 31.2 Å². The van der Waals surface area contributed by atoms with Gasteiger partial charge >= 0.3 is 5.97 Å². The lowest BCUT2D eigenvalue weighted by atomic mass is 10.1. The molecule has 1 aliphatic rings. The zero-order chi connectivity index (χ0) is 23.1. The van der Waals surface area contributed by atoms with Gasteiger partial charge in [0.1, 0.15) is 4.90 Å². The Labute approximate surface area is 192 Å². The highest BCUT2D eigenvalue weighted by atomic mass is 35.5. The fourth-order valence-corrected chi connectivity index (χ4v) is 4.68. The van der Waals surface area contributed by atoms with Gasteiger partial charge in [-0.3, -0.25) is 4.79 Å². The van der Waals surface area contributed by atoms with Crippen LogP contribution in [0.2, 0.25) is 5.02 Å². The highest BCUT2D eigenvalue weighted by molar-refractivity contribution is 7.89. The van der Waals surface area contributed by atoms with Gasteiger partial charge in [-0.25, -0.2) is 17.9 Å². The van der Waals surface area contributed by atoms with Crippen molar-refractivity contribution in [2.24, 2.45) is 0 Å². The molecule has 3 rings (SSSR count). The molecule has 1 fully saturated rings. The Morgan fingerprint density at radius 2 is 1.94 bits per heavy atom. The molecule has 10 heteroatoms. The molecule has 32 heavy (non-hydrogen) atoms. The van der Waals surface area contributed by atoms with Crippen molar-refractivity contribution >= 4 is 33.5 Å². The normalized spacial score (nSPS) is 16.0. The van der Waals surface area contributed by atoms with E-state index in [4.69, 9.17) is 21.1 Å². The summed E-state index contributed by atoms with van der Waals surface area (Å²) < 4.78 is 38.1. The van der Waals surface area contributed by atoms with E-state index in [1.165, 1.54) is 12.1 Å². The van der Waals surface area contributed by atoms with Crippen LogP contribution in [0.5, 0.6) is 0 Å². The molecule has 1 aliphatic heterocycles. The fraction of sp³-hybridized carbons (Fsp3) is 0.364. The molecule has 0 bridgehead atoms. The second-order valence-electron chi connectivity index (χ2n) is 7.47. The number of sulfonamides is 1. The topological polar surface area (TPSA) is 111 Å². The first kappa shape index (κ1) is 24.2. The monoisotopic (exact) mass is 480 g/mol. The van der Waals surface area contributed by atoms with Crippen LogP contribution in [0.15, 0.2) is 47.4 Å². The minimum Gasteiger partial charge on any atom is -0.452 e. The van der Waals surface area contributed by atoms with E-state index in [0.717, 1.165) is 30.0 Å². The Morgan fingerprint density at radius 3 is 2.62 bits per heavy atom. The summed E-state index contributed by atoms with van der Waals surface area (Å²) in [5, 5.41) is 2.63. The standard InChI is InChI=1S/C22H25ClN2O6S/c1-15-4-6-16(7-5-15)12-24-21(26)14-31-22(27)17-8-9-19(23)20(11-17)32(28,29)25-13-18-3-2-10-30-18/h4-9,11,18,25H,2-3,10,12-14H2,1H3,(H,24,26). The molecule has 1 heterocycles. The molecule has 1 amide bonds. The predicted octanol–water partition coefficient (Wildman–Crippen LogP) is 2.58. The molecule has 0 aromatic heterocycles. The van der Waals surface area contributed by atoms with Crippen LogP contribution in [0.1, 0.15) is 34.3 Å². The van der Waals surface area contributed by atoms with E-state index in [9.17, 15) is 18.0 Å². The van der Waals surface area contributed by atoms with Crippen molar-refractivity contribution < 1.29 is 27.5 Å². The summed E-state index contributed by atoms with van der Waals surface area (Å²) >= 11 is 6.05. The number of nitrogens with one attached hydrogen (secondary N) is 2. The molecular weight excluding hydrogens is 456 g/mol. The molecule has 0 aliphatic carbocycles.